The van der Waals surface area contributed by atoms with Gasteiger partial charge in [-0.15, -0.1) is 11.3 Å². The first-order valence-corrected chi connectivity index (χ1v) is 7.43. The minimum atomic E-state index is 0.817. The van der Waals surface area contributed by atoms with Crippen molar-refractivity contribution in [2.75, 3.05) is 5.32 Å². The zero-order valence-electron chi connectivity index (χ0n) is 9.95. The van der Waals surface area contributed by atoms with Gasteiger partial charge in [-0.1, -0.05) is 0 Å². The molecule has 0 saturated heterocycles. The fraction of sp³-hybridized carbons (Fsp3) is 0.0769. The first kappa shape index (κ1) is 12.4. The number of nitrogens with zero attached hydrogens (tertiary/aromatic N) is 3. The maximum atomic E-state index is 4.09. The Kier molecular flexibility index (Phi) is 3.61. The molecule has 19 heavy (non-hydrogen) atoms. The van der Waals surface area contributed by atoms with E-state index < -0.39 is 0 Å². The van der Waals surface area contributed by atoms with E-state index in [4.69, 9.17) is 0 Å². The van der Waals surface area contributed by atoms with Crippen LogP contribution in [0.1, 0.15) is 4.88 Å². The molecule has 96 valence electrons. The van der Waals surface area contributed by atoms with Gasteiger partial charge in [0.2, 0.25) is 0 Å². The highest BCUT2D eigenvalue weighted by Crippen LogP contribution is 2.23. The Morgan fingerprint density at radius 3 is 2.47 bits per heavy atom. The van der Waals surface area contributed by atoms with Gasteiger partial charge in [0.05, 0.1) is 24.6 Å². The van der Waals surface area contributed by atoms with Crippen LogP contribution in [-0.2, 0) is 6.54 Å². The van der Waals surface area contributed by atoms with Crippen LogP contribution in [0.5, 0.6) is 0 Å². The minimum absolute atomic E-state index is 0.817. The summed E-state index contributed by atoms with van der Waals surface area (Å²) < 4.78 is 1.15. The second-order valence-electron chi connectivity index (χ2n) is 3.91. The van der Waals surface area contributed by atoms with Crippen LogP contribution in [-0.4, -0.2) is 15.0 Å². The van der Waals surface area contributed by atoms with Gasteiger partial charge >= 0.3 is 0 Å². The summed E-state index contributed by atoms with van der Waals surface area (Å²) in [6.07, 6.45) is 3.33. The molecular formula is C13H11BrN4S. The van der Waals surface area contributed by atoms with Crippen molar-refractivity contribution >= 4 is 33.0 Å². The van der Waals surface area contributed by atoms with Crippen molar-refractivity contribution in [3.63, 3.8) is 0 Å². The molecule has 0 unspecified atom stereocenters. The van der Waals surface area contributed by atoms with Crippen LogP contribution in [0.2, 0.25) is 0 Å². The van der Waals surface area contributed by atoms with E-state index in [1.807, 2.05) is 24.3 Å². The Morgan fingerprint density at radius 2 is 1.84 bits per heavy atom. The van der Waals surface area contributed by atoms with Crippen LogP contribution in [0.15, 0.2) is 52.6 Å². The number of aromatic nitrogens is 3. The first-order valence-electron chi connectivity index (χ1n) is 5.75. The lowest BCUT2D eigenvalue weighted by atomic mass is 10.3. The smallest absolute Gasteiger partial charge is 0.0858 e. The van der Waals surface area contributed by atoms with E-state index in [9.17, 15) is 0 Å². The SMILES string of the molecule is Brc1ccsc1CNc1ccc(-n2nccn2)cc1. The van der Waals surface area contributed by atoms with Crippen LogP contribution in [0.4, 0.5) is 5.69 Å². The quantitative estimate of drug-likeness (QED) is 0.790. The molecule has 0 saturated carbocycles. The Labute approximate surface area is 123 Å². The van der Waals surface area contributed by atoms with E-state index in [0.29, 0.717) is 0 Å². The van der Waals surface area contributed by atoms with Gasteiger partial charge in [-0.25, -0.2) is 0 Å². The van der Waals surface area contributed by atoms with E-state index in [-0.39, 0.29) is 0 Å². The molecule has 0 atom stereocenters. The Balaban J connectivity index is 1.68. The molecule has 4 nitrogen and oxygen atoms in total. The molecule has 3 aromatic rings. The van der Waals surface area contributed by atoms with Gasteiger partial charge in [0.15, 0.2) is 0 Å². The van der Waals surface area contributed by atoms with Crippen LogP contribution >= 0.6 is 27.3 Å². The second kappa shape index (κ2) is 5.54. The van der Waals surface area contributed by atoms with E-state index >= 15 is 0 Å². The number of rotatable bonds is 4. The minimum Gasteiger partial charge on any atom is -0.380 e. The fourth-order valence-corrected chi connectivity index (χ4v) is 3.13. The summed E-state index contributed by atoms with van der Waals surface area (Å²) in [5, 5.41) is 13.7. The zero-order chi connectivity index (χ0) is 13.1. The van der Waals surface area contributed by atoms with Crippen molar-refractivity contribution in [2.45, 2.75) is 6.54 Å². The summed E-state index contributed by atoms with van der Waals surface area (Å²) in [5.41, 5.74) is 2.03. The molecule has 3 rings (SSSR count). The Hall–Kier alpha value is -1.66. The van der Waals surface area contributed by atoms with E-state index in [0.717, 1.165) is 22.4 Å². The highest BCUT2D eigenvalue weighted by atomic mass is 79.9. The number of nitrogens with one attached hydrogen (secondary N) is 1. The molecule has 1 aromatic carbocycles. The molecule has 0 amide bonds. The van der Waals surface area contributed by atoms with Crippen molar-refractivity contribution < 1.29 is 0 Å². The van der Waals surface area contributed by atoms with Crippen LogP contribution in [0.25, 0.3) is 5.69 Å². The second-order valence-corrected chi connectivity index (χ2v) is 5.77. The van der Waals surface area contributed by atoms with Gasteiger partial charge < -0.3 is 5.32 Å². The Morgan fingerprint density at radius 1 is 1.11 bits per heavy atom. The van der Waals surface area contributed by atoms with E-state index in [1.54, 1.807) is 28.5 Å². The third-order valence-corrected chi connectivity index (χ3v) is 4.59. The summed E-state index contributed by atoms with van der Waals surface area (Å²) in [5.74, 6) is 0. The van der Waals surface area contributed by atoms with E-state index in [2.05, 4.69) is 42.9 Å². The normalized spacial score (nSPS) is 10.6. The molecule has 0 aliphatic rings. The topological polar surface area (TPSA) is 42.7 Å². The summed E-state index contributed by atoms with van der Waals surface area (Å²) in [6.45, 7) is 0.817. The molecule has 0 bridgehead atoms. The highest BCUT2D eigenvalue weighted by Gasteiger charge is 2.01. The summed E-state index contributed by atoms with van der Waals surface area (Å²) >= 11 is 5.26. The molecular weight excluding hydrogens is 324 g/mol. The van der Waals surface area contributed by atoms with E-state index in [1.165, 1.54) is 4.88 Å². The number of anilines is 1. The lowest BCUT2D eigenvalue weighted by Crippen LogP contribution is -2.00. The van der Waals surface area contributed by atoms with Crippen molar-refractivity contribution in [2.24, 2.45) is 0 Å². The van der Waals surface area contributed by atoms with Crippen LogP contribution < -0.4 is 5.32 Å². The molecule has 2 heterocycles. The van der Waals surface area contributed by atoms with Gasteiger partial charge in [0, 0.05) is 15.0 Å². The van der Waals surface area contributed by atoms with Gasteiger partial charge in [0.1, 0.15) is 0 Å². The maximum absolute atomic E-state index is 4.09. The standard InChI is InChI=1S/C13H11BrN4S/c14-12-5-8-19-13(12)9-15-10-1-3-11(4-2-10)18-16-6-7-17-18/h1-8,15H,9H2. The molecule has 0 radical (unpaired) electrons. The molecule has 0 spiro atoms. The molecule has 0 aliphatic carbocycles. The number of benzene rings is 1. The third kappa shape index (κ3) is 2.85. The molecule has 0 aliphatic heterocycles. The fourth-order valence-electron chi connectivity index (χ4n) is 1.70. The lowest BCUT2D eigenvalue weighted by Gasteiger charge is -2.06. The largest absolute Gasteiger partial charge is 0.380 e. The predicted octanol–water partition coefficient (Wildman–Crippen LogP) is 3.70. The summed E-state index contributed by atoms with van der Waals surface area (Å²) in [6, 6.07) is 10.1. The van der Waals surface area contributed by atoms with Gasteiger partial charge in [-0.05, 0) is 51.6 Å². The number of thiophene rings is 1. The zero-order valence-corrected chi connectivity index (χ0v) is 12.4. The highest BCUT2D eigenvalue weighted by molar-refractivity contribution is 9.10. The van der Waals surface area contributed by atoms with Gasteiger partial charge in [-0.3, -0.25) is 0 Å². The molecule has 6 heteroatoms. The summed E-state index contributed by atoms with van der Waals surface area (Å²) in [4.78, 5) is 2.89. The molecule has 2 aromatic heterocycles. The molecule has 1 N–H and O–H groups in total. The number of halogens is 1. The van der Waals surface area contributed by atoms with Gasteiger partial charge in [0.25, 0.3) is 0 Å². The predicted molar refractivity (Wildman–Crippen MR) is 80.7 cm³/mol. The first-order chi connectivity index (χ1) is 9.33. The maximum Gasteiger partial charge on any atom is 0.0858 e. The van der Waals surface area contributed by atoms with Crippen molar-refractivity contribution in [1.82, 2.24) is 15.0 Å². The summed E-state index contributed by atoms with van der Waals surface area (Å²) in [7, 11) is 0. The molecule has 0 fully saturated rings. The lowest BCUT2D eigenvalue weighted by molar-refractivity contribution is 0.752. The average Bonchev–Trinajstić information content (AvgIpc) is 3.09. The monoisotopic (exact) mass is 334 g/mol. The number of hydrogen-bond acceptors (Lipinski definition) is 4. The number of hydrogen-bond donors (Lipinski definition) is 1. The average molecular weight is 335 g/mol. The van der Waals surface area contributed by atoms with Crippen LogP contribution in [0.3, 0.4) is 0 Å². The van der Waals surface area contributed by atoms with Gasteiger partial charge in [-0.2, -0.15) is 15.0 Å². The van der Waals surface area contributed by atoms with Crippen LogP contribution in [0, 0.1) is 0 Å². The van der Waals surface area contributed by atoms with Crippen molar-refractivity contribution in [3.05, 3.63) is 57.5 Å². The Bertz CT molecular complexity index is 646. The van der Waals surface area contributed by atoms with Crippen molar-refractivity contribution in [1.29, 1.82) is 0 Å². The third-order valence-electron chi connectivity index (χ3n) is 2.66. The van der Waals surface area contributed by atoms with Crippen molar-refractivity contribution in [3.8, 4) is 5.69 Å².